The van der Waals surface area contributed by atoms with E-state index in [0.29, 0.717) is 0 Å². The molecule has 1 rings (SSSR count). The van der Waals surface area contributed by atoms with E-state index in [1.165, 1.54) is 0 Å². The van der Waals surface area contributed by atoms with Gasteiger partial charge in [-0.3, -0.25) is 4.21 Å². The Hall–Kier alpha value is -0.0600. The maximum Gasteiger partial charge on any atom is 0.389 e. The lowest BCUT2D eigenvalue weighted by atomic mass is 10.1. The Morgan fingerprint density at radius 1 is 1.40 bits per heavy atom. The summed E-state index contributed by atoms with van der Waals surface area (Å²) in [5.74, 6) is 0.0970. The number of alkyl halides is 3. The second-order valence-corrected chi connectivity index (χ2v) is 4.00. The van der Waals surface area contributed by atoms with Gasteiger partial charge in [0.15, 0.2) is 0 Å². The van der Waals surface area contributed by atoms with Crippen molar-refractivity contribution in [3.63, 3.8) is 0 Å². The molecule has 60 valence electrons. The van der Waals surface area contributed by atoms with Crippen LogP contribution in [0.25, 0.3) is 0 Å². The predicted octanol–water partition coefficient (Wildman–Crippen LogP) is 1.32. The van der Waals surface area contributed by atoms with Crippen molar-refractivity contribution < 1.29 is 17.4 Å². The molecule has 10 heavy (non-hydrogen) atoms. The van der Waals surface area contributed by atoms with Gasteiger partial charge in [0.25, 0.3) is 0 Å². The smallest absolute Gasteiger partial charge is 0.260 e. The van der Waals surface area contributed by atoms with Crippen LogP contribution in [0.2, 0.25) is 0 Å². The first-order valence-electron chi connectivity index (χ1n) is 2.89. The third-order valence-electron chi connectivity index (χ3n) is 1.36. The molecule has 1 heterocycles. The molecule has 1 saturated heterocycles. The largest absolute Gasteiger partial charge is 0.389 e. The van der Waals surface area contributed by atoms with Gasteiger partial charge in [0.1, 0.15) is 0 Å². The van der Waals surface area contributed by atoms with Gasteiger partial charge < -0.3 is 0 Å². The Kier molecular flexibility index (Phi) is 2.03. The molecule has 0 aliphatic carbocycles. The van der Waals surface area contributed by atoms with Gasteiger partial charge in [-0.1, -0.05) is 0 Å². The maximum absolute atomic E-state index is 11.6. The molecule has 1 aliphatic heterocycles. The first-order chi connectivity index (χ1) is 4.47. The quantitative estimate of drug-likeness (QED) is 0.583. The van der Waals surface area contributed by atoms with Gasteiger partial charge in [-0.2, -0.15) is 13.2 Å². The van der Waals surface area contributed by atoms with Crippen LogP contribution in [-0.2, 0) is 10.8 Å². The van der Waals surface area contributed by atoms with Crippen LogP contribution < -0.4 is 0 Å². The zero-order chi connectivity index (χ0) is 7.78. The summed E-state index contributed by atoms with van der Waals surface area (Å²) in [6.45, 7) is 0. The van der Waals surface area contributed by atoms with Gasteiger partial charge in [-0.15, -0.1) is 0 Å². The molecule has 0 N–H and O–H groups in total. The molecule has 0 aromatic rings. The topological polar surface area (TPSA) is 17.1 Å². The third kappa shape index (κ3) is 2.28. The molecule has 1 fully saturated rings. The SMILES string of the molecule is O=S1CC(CC(F)(F)F)C1. The molecule has 1 nitrogen and oxygen atoms in total. The first-order valence-corrected chi connectivity index (χ1v) is 4.38. The maximum atomic E-state index is 11.6. The van der Waals surface area contributed by atoms with Gasteiger partial charge in [-0.25, -0.2) is 0 Å². The van der Waals surface area contributed by atoms with Crippen molar-refractivity contribution >= 4 is 10.8 Å². The number of rotatable bonds is 1. The van der Waals surface area contributed by atoms with E-state index in [0.717, 1.165) is 0 Å². The second kappa shape index (κ2) is 2.53. The Morgan fingerprint density at radius 2 is 1.90 bits per heavy atom. The molecule has 0 spiro atoms. The van der Waals surface area contributed by atoms with Crippen molar-refractivity contribution in [2.75, 3.05) is 11.5 Å². The zero-order valence-corrected chi connectivity index (χ0v) is 5.97. The van der Waals surface area contributed by atoms with E-state index in [-0.39, 0.29) is 17.4 Å². The fourth-order valence-corrected chi connectivity index (χ4v) is 2.11. The summed E-state index contributed by atoms with van der Waals surface area (Å²) in [5, 5.41) is 0. The molecule has 1 aliphatic rings. The predicted molar refractivity (Wildman–Crippen MR) is 32.0 cm³/mol. The van der Waals surface area contributed by atoms with Crippen LogP contribution in [0.4, 0.5) is 13.2 Å². The van der Waals surface area contributed by atoms with Crippen molar-refractivity contribution in [2.45, 2.75) is 12.6 Å². The minimum atomic E-state index is -4.07. The van der Waals surface area contributed by atoms with Crippen LogP contribution in [0.5, 0.6) is 0 Å². The summed E-state index contributed by atoms with van der Waals surface area (Å²) in [6, 6.07) is 0. The highest BCUT2D eigenvalue weighted by Crippen LogP contribution is 2.29. The molecule has 0 unspecified atom stereocenters. The average molecular weight is 172 g/mol. The van der Waals surface area contributed by atoms with Crippen LogP contribution in [0.3, 0.4) is 0 Å². The Balaban J connectivity index is 2.22. The summed E-state index contributed by atoms with van der Waals surface area (Å²) in [7, 11) is -0.957. The van der Waals surface area contributed by atoms with Crippen LogP contribution >= 0.6 is 0 Å². The van der Waals surface area contributed by atoms with Crippen LogP contribution in [-0.4, -0.2) is 21.9 Å². The summed E-state index contributed by atoms with van der Waals surface area (Å²) in [4.78, 5) is 0. The standard InChI is InChI=1S/C5H7F3OS/c6-5(7,8)1-4-2-10(9)3-4/h4H,1-3H2. The van der Waals surface area contributed by atoms with E-state index < -0.39 is 23.4 Å². The third-order valence-corrected chi connectivity index (χ3v) is 3.05. The second-order valence-electron chi connectivity index (χ2n) is 2.46. The Bertz CT molecular complexity index is 145. The lowest BCUT2D eigenvalue weighted by Crippen LogP contribution is -2.34. The highest BCUT2D eigenvalue weighted by molar-refractivity contribution is 7.86. The van der Waals surface area contributed by atoms with Gasteiger partial charge in [0.05, 0.1) is 0 Å². The Labute approximate surface area is 59.1 Å². The van der Waals surface area contributed by atoms with E-state index in [1.807, 2.05) is 0 Å². The van der Waals surface area contributed by atoms with Gasteiger partial charge in [0.2, 0.25) is 0 Å². The summed E-state index contributed by atoms with van der Waals surface area (Å²) >= 11 is 0. The highest BCUT2D eigenvalue weighted by Gasteiger charge is 2.37. The zero-order valence-electron chi connectivity index (χ0n) is 5.15. The summed E-state index contributed by atoms with van der Waals surface area (Å²) in [6.07, 6.45) is -4.84. The van der Waals surface area contributed by atoms with Crippen molar-refractivity contribution in [1.29, 1.82) is 0 Å². The minimum absolute atomic E-state index is 0.236. The van der Waals surface area contributed by atoms with E-state index in [2.05, 4.69) is 0 Å². The van der Waals surface area contributed by atoms with E-state index in [1.54, 1.807) is 0 Å². The molecule has 0 atom stereocenters. The van der Waals surface area contributed by atoms with E-state index in [9.17, 15) is 17.4 Å². The van der Waals surface area contributed by atoms with Crippen LogP contribution in [0.15, 0.2) is 0 Å². The van der Waals surface area contributed by atoms with Crippen LogP contribution in [0.1, 0.15) is 6.42 Å². The normalized spacial score (nSPS) is 33.5. The molecular weight excluding hydrogens is 165 g/mol. The summed E-state index contributed by atoms with van der Waals surface area (Å²) < 4.78 is 45.0. The number of halogens is 3. The molecule has 0 bridgehead atoms. The van der Waals surface area contributed by atoms with E-state index >= 15 is 0 Å². The minimum Gasteiger partial charge on any atom is -0.260 e. The van der Waals surface area contributed by atoms with Gasteiger partial charge >= 0.3 is 6.18 Å². The molecule has 0 radical (unpaired) electrons. The molecule has 0 aromatic heterocycles. The average Bonchev–Trinajstić information content (AvgIpc) is 1.57. The molecule has 0 amide bonds. The molecule has 0 saturated carbocycles. The fourth-order valence-electron chi connectivity index (χ4n) is 0.922. The highest BCUT2D eigenvalue weighted by atomic mass is 32.2. The lowest BCUT2D eigenvalue weighted by Gasteiger charge is -2.25. The molecule has 5 heteroatoms. The first kappa shape index (κ1) is 8.04. The molecular formula is C5H7F3OS. The van der Waals surface area contributed by atoms with E-state index in [4.69, 9.17) is 0 Å². The van der Waals surface area contributed by atoms with Crippen molar-refractivity contribution in [1.82, 2.24) is 0 Å². The fraction of sp³-hybridized carbons (Fsp3) is 1.00. The summed E-state index contributed by atoms with van der Waals surface area (Å²) in [5.41, 5.74) is 0. The molecule has 0 aromatic carbocycles. The number of hydrogen-bond donors (Lipinski definition) is 0. The lowest BCUT2D eigenvalue weighted by molar-refractivity contribution is -0.142. The number of hydrogen-bond acceptors (Lipinski definition) is 1. The Morgan fingerprint density at radius 3 is 2.20 bits per heavy atom. The van der Waals surface area contributed by atoms with Crippen molar-refractivity contribution in [3.8, 4) is 0 Å². The monoisotopic (exact) mass is 172 g/mol. The van der Waals surface area contributed by atoms with Crippen molar-refractivity contribution in [2.24, 2.45) is 5.92 Å². The van der Waals surface area contributed by atoms with Gasteiger partial charge in [0, 0.05) is 28.7 Å². The van der Waals surface area contributed by atoms with Gasteiger partial charge in [-0.05, 0) is 5.92 Å². The van der Waals surface area contributed by atoms with Crippen LogP contribution in [0, 0.1) is 5.92 Å². The van der Waals surface area contributed by atoms with Crippen molar-refractivity contribution in [3.05, 3.63) is 0 Å².